The molecule has 0 aliphatic rings. The first-order valence-corrected chi connectivity index (χ1v) is 6.95. The standard InChI is InChI=1S/C16H30/c1-5-8-9-10-11-12-13-14-15-16(4,6-2)7-3/h6-7H,2-3,5,8-15H2,1,4H3. The van der Waals surface area contributed by atoms with Crippen molar-refractivity contribution in [3.05, 3.63) is 25.3 Å². The van der Waals surface area contributed by atoms with Crippen LogP contribution < -0.4 is 0 Å². The lowest BCUT2D eigenvalue weighted by Crippen LogP contribution is -2.07. The Balaban J connectivity index is 3.33. The van der Waals surface area contributed by atoms with Crippen molar-refractivity contribution in [2.75, 3.05) is 0 Å². The zero-order valence-electron chi connectivity index (χ0n) is 11.4. The van der Waals surface area contributed by atoms with Crippen molar-refractivity contribution in [1.29, 1.82) is 0 Å². The van der Waals surface area contributed by atoms with E-state index in [0.717, 1.165) is 0 Å². The topological polar surface area (TPSA) is 0 Å². The maximum atomic E-state index is 3.88. The summed E-state index contributed by atoms with van der Waals surface area (Å²) in [5.74, 6) is 0. The molecule has 0 spiro atoms. The first-order valence-electron chi connectivity index (χ1n) is 6.95. The van der Waals surface area contributed by atoms with E-state index in [1.54, 1.807) is 0 Å². The van der Waals surface area contributed by atoms with Gasteiger partial charge in [-0.15, -0.1) is 13.2 Å². The highest BCUT2D eigenvalue weighted by molar-refractivity contribution is 5.03. The third kappa shape index (κ3) is 7.73. The van der Waals surface area contributed by atoms with E-state index in [1.807, 2.05) is 12.2 Å². The predicted molar refractivity (Wildman–Crippen MR) is 75.7 cm³/mol. The Hall–Kier alpha value is -0.520. The molecule has 0 N–H and O–H groups in total. The molecule has 0 heterocycles. The summed E-state index contributed by atoms with van der Waals surface area (Å²) in [5, 5.41) is 0. The lowest BCUT2D eigenvalue weighted by Gasteiger charge is -2.20. The summed E-state index contributed by atoms with van der Waals surface area (Å²) in [6.07, 6.45) is 16.3. The molecule has 0 aromatic carbocycles. The molecule has 16 heavy (non-hydrogen) atoms. The van der Waals surface area contributed by atoms with Gasteiger partial charge in [-0.2, -0.15) is 0 Å². The second-order valence-electron chi connectivity index (χ2n) is 5.14. The average Bonchev–Trinajstić information content (AvgIpc) is 2.32. The van der Waals surface area contributed by atoms with E-state index in [-0.39, 0.29) is 5.41 Å². The summed E-state index contributed by atoms with van der Waals surface area (Å²) in [4.78, 5) is 0. The number of unbranched alkanes of at least 4 members (excludes halogenated alkanes) is 7. The molecule has 0 aromatic rings. The molecule has 0 atom stereocenters. The van der Waals surface area contributed by atoms with Gasteiger partial charge in [0, 0.05) is 5.41 Å². The minimum Gasteiger partial charge on any atom is -0.102 e. The van der Waals surface area contributed by atoms with Crippen LogP contribution in [0.4, 0.5) is 0 Å². The highest BCUT2D eigenvalue weighted by Gasteiger charge is 2.13. The van der Waals surface area contributed by atoms with Crippen LogP contribution in [-0.2, 0) is 0 Å². The molecule has 0 amide bonds. The predicted octanol–water partition coefficient (Wildman–Crippen LogP) is 5.90. The zero-order valence-corrected chi connectivity index (χ0v) is 11.4. The van der Waals surface area contributed by atoms with Crippen molar-refractivity contribution in [3.63, 3.8) is 0 Å². The zero-order chi connectivity index (χ0) is 12.3. The molecule has 0 aromatic heterocycles. The number of hydrogen-bond acceptors (Lipinski definition) is 0. The van der Waals surface area contributed by atoms with Crippen molar-refractivity contribution in [2.24, 2.45) is 5.41 Å². The Kier molecular flexibility index (Phi) is 9.37. The van der Waals surface area contributed by atoms with E-state index >= 15 is 0 Å². The molecular weight excluding hydrogens is 192 g/mol. The Morgan fingerprint density at radius 1 is 0.812 bits per heavy atom. The van der Waals surface area contributed by atoms with E-state index in [4.69, 9.17) is 0 Å². The molecule has 0 saturated heterocycles. The fourth-order valence-electron chi connectivity index (χ4n) is 1.93. The number of rotatable bonds is 11. The van der Waals surface area contributed by atoms with Crippen molar-refractivity contribution < 1.29 is 0 Å². The van der Waals surface area contributed by atoms with Crippen molar-refractivity contribution in [2.45, 2.75) is 71.6 Å². The van der Waals surface area contributed by atoms with Crippen LogP contribution >= 0.6 is 0 Å². The van der Waals surface area contributed by atoms with E-state index in [9.17, 15) is 0 Å². The molecule has 0 rings (SSSR count). The molecule has 0 unspecified atom stereocenters. The molecule has 0 nitrogen and oxygen atoms in total. The van der Waals surface area contributed by atoms with Crippen molar-refractivity contribution >= 4 is 0 Å². The van der Waals surface area contributed by atoms with Crippen LogP contribution in [0.15, 0.2) is 25.3 Å². The lowest BCUT2D eigenvalue weighted by molar-refractivity contribution is 0.456. The van der Waals surface area contributed by atoms with Gasteiger partial charge < -0.3 is 0 Å². The van der Waals surface area contributed by atoms with Gasteiger partial charge in [0.2, 0.25) is 0 Å². The molecule has 0 aliphatic heterocycles. The summed E-state index contributed by atoms with van der Waals surface area (Å²) >= 11 is 0. The SMILES string of the molecule is C=CC(C)(C=C)CCCCCCCCCC. The molecular formula is C16H30. The Morgan fingerprint density at radius 2 is 1.25 bits per heavy atom. The van der Waals surface area contributed by atoms with Gasteiger partial charge in [-0.05, 0) is 6.42 Å². The maximum absolute atomic E-state index is 3.88. The third-order valence-corrected chi connectivity index (χ3v) is 3.50. The van der Waals surface area contributed by atoms with Crippen LogP contribution in [0.25, 0.3) is 0 Å². The summed E-state index contributed by atoms with van der Waals surface area (Å²) in [6.45, 7) is 12.2. The first-order chi connectivity index (χ1) is 7.68. The molecule has 0 heteroatoms. The van der Waals surface area contributed by atoms with Crippen molar-refractivity contribution in [1.82, 2.24) is 0 Å². The quantitative estimate of drug-likeness (QED) is 0.302. The molecule has 0 radical (unpaired) electrons. The van der Waals surface area contributed by atoms with Crippen LogP contribution in [0, 0.1) is 5.41 Å². The van der Waals surface area contributed by atoms with Gasteiger partial charge in [0.15, 0.2) is 0 Å². The fourth-order valence-corrected chi connectivity index (χ4v) is 1.93. The van der Waals surface area contributed by atoms with Gasteiger partial charge in [0.05, 0.1) is 0 Å². The van der Waals surface area contributed by atoms with Crippen molar-refractivity contribution in [3.8, 4) is 0 Å². The number of hydrogen-bond donors (Lipinski definition) is 0. The van der Waals surface area contributed by atoms with Crippen LogP contribution in [0.3, 0.4) is 0 Å². The van der Waals surface area contributed by atoms with Gasteiger partial charge in [0.1, 0.15) is 0 Å². The first kappa shape index (κ1) is 15.5. The highest BCUT2D eigenvalue weighted by Crippen LogP contribution is 2.27. The Labute approximate surface area is 103 Å². The fraction of sp³-hybridized carbons (Fsp3) is 0.750. The van der Waals surface area contributed by atoms with E-state index < -0.39 is 0 Å². The Bertz CT molecular complexity index is 170. The van der Waals surface area contributed by atoms with E-state index in [2.05, 4.69) is 27.0 Å². The Morgan fingerprint density at radius 3 is 1.69 bits per heavy atom. The van der Waals surface area contributed by atoms with Crippen LogP contribution in [0.5, 0.6) is 0 Å². The minimum absolute atomic E-state index is 0.155. The largest absolute Gasteiger partial charge is 0.102 e. The lowest BCUT2D eigenvalue weighted by atomic mass is 9.85. The molecule has 94 valence electrons. The monoisotopic (exact) mass is 222 g/mol. The molecule has 0 saturated carbocycles. The van der Waals surface area contributed by atoms with Gasteiger partial charge in [0.25, 0.3) is 0 Å². The average molecular weight is 222 g/mol. The van der Waals surface area contributed by atoms with Crippen LogP contribution in [0.2, 0.25) is 0 Å². The molecule has 0 bridgehead atoms. The molecule has 0 fully saturated rings. The van der Waals surface area contributed by atoms with Gasteiger partial charge >= 0.3 is 0 Å². The highest BCUT2D eigenvalue weighted by atomic mass is 14.2. The van der Waals surface area contributed by atoms with Crippen LogP contribution in [0.1, 0.15) is 71.6 Å². The smallest absolute Gasteiger partial charge is 0.00273 e. The van der Waals surface area contributed by atoms with Crippen LogP contribution in [-0.4, -0.2) is 0 Å². The van der Waals surface area contributed by atoms with E-state index in [1.165, 1.54) is 57.8 Å². The maximum Gasteiger partial charge on any atom is 0.00273 e. The number of allylic oxidation sites excluding steroid dienone is 2. The minimum atomic E-state index is 0.155. The summed E-state index contributed by atoms with van der Waals surface area (Å²) < 4.78 is 0. The summed E-state index contributed by atoms with van der Waals surface area (Å²) in [7, 11) is 0. The van der Waals surface area contributed by atoms with E-state index in [0.29, 0.717) is 0 Å². The molecule has 0 aliphatic carbocycles. The summed E-state index contributed by atoms with van der Waals surface area (Å²) in [6, 6.07) is 0. The second-order valence-corrected chi connectivity index (χ2v) is 5.14. The summed E-state index contributed by atoms with van der Waals surface area (Å²) in [5.41, 5.74) is 0.155. The third-order valence-electron chi connectivity index (χ3n) is 3.50. The van der Waals surface area contributed by atoms with Gasteiger partial charge in [-0.1, -0.05) is 77.4 Å². The van der Waals surface area contributed by atoms with Gasteiger partial charge in [-0.3, -0.25) is 0 Å². The van der Waals surface area contributed by atoms with Gasteiger partial charge in [-0.25, -0.2) is 0 Å². The normalized spacial score (nSPS) is 11.4. The second kappa shape index (κ2) is 9.69.